The molecule has 0 aliphatic carbocycles. The van der Waals surface area contributed by atoms with Crippen molar-refractivity contribution < 1.29 is 29.5 Å². The molecular weight excluding hydrogens is 487 g/mol. The predicted molar refractivity (Wildman–Crippen MR) is 144 cm³/mol. The standard InChI is InChI=1S/C18H13O4P.C12H10O2/c19-12-9-10-15(20)18(11-12)23(21)17-8-4-2-6-14(17)13-5-1-3-7-16(13)22-23;13-11-7-3-1-5-9(11)10-6-2-4-8-12(10)14/h1-11,19-20H;1-8,13-14H. The fourth-order valence-corrected chi connectivity index (χ4v) is 6.61. The molecule has 1 heterocycles. The van der Waals surface area contributed by atoms with Gasteiger partial charge in [0.1, 0.15) is 28.7 Å². The van der Waals surface area contributed by atoms with Gasteiger partial charge in [-0.15, -0.1) is 0 Å². The molecule has 37 heavy (non-hydrogen) atoms. The fraction of sp³-hybridized carbons (Fsp3) is 0. The Bertz CT molecular complexity index is 1600. The van der Waals surface area contributed by atoms with Crippen LogP contribution in [-0.4, -0.2) is 20.4 Å². The third-order valence-electron chi connectivity index (χ3n) is 6.00. The fourth-order valence-electron chi connectivity index (χ4n) is 4.24. The van der Waals surface area contributed by atoms with Crippen LogP contribution in [0.2, 0.25) is 0 Å². The Labute approximate surface area is 213 Å². The monoisotopic (exact) mass is 510 g/mol. The minimum atomic E-state index is -3.56. The first-order chi connectivity index (χ1) is 17.9. The molecule has 1 aliphatic rings. The third-order valence-corrected chi connectivity index (χ3v) is 8.47. The largest absolute Gasteiger partial charge is 0.508 e. The zero-order valence-corrected chi connectivity index (χ0v) is 20.4. The van der Waals surface area contributed by atoms with Crippen LogP contribution in [0.3, 0.4) is 0 Å². The van der Waals surface area contributed by atoms with Crippen molar-refractivity contribution in [3.05, 3.63) is 115 Å². The van der Waals surface area contributed by atoms with Crippen molar-refractivity contribution in [1.82, 2.24) is 0 Å². The van der Waals surface area contributed by atoms with Gasteiger partial charge >= 0.3 is 7.37 Å². The molecule has 6 rings (SSSR count). The number of phenolic OH excluding ortho intramolecular Hbond substituents is 4. The van der Waals surface area contributed by atoms with Gasteiger partial charge in [-0.3, -0.25) is 4.57 Å². The Morgan fingerprint density at radius 3 is 1.62 bits per heavy atom. The van der Waals surface area contributed by atoms with E-state index < -0.39 is 7.37 Å². The molecule has 0 saturated heterocycles. The van der Waals surface area contributed by atoms with Crippen molar-refractivity contribution in [3.8, 4) is 51.0 Å². The molecule has 4 N–H and O–H groups in total. The summed E-state index contributed by atoms with van der Waals surface area (Å²) in [5.41, 5.74) is 2.95. The van der Waals surface area contributed by atoms with Gasteiger partial charge in [0, 0.05) is 16.7 Å². The van der Waals surface area contributed by atoms with Crippen LogP contribution in [0.25, 0.3) is 22.3 Å². The van der Waals surface area contributed by atoms with Gasteiger partial charge in [0.05, 0.1) is 10.6 Å². The summed E-state index contributed by atoms with van der Waals surface area (Å²) in [4.78, 5) is 0. The Balaban J connectivity index is 0.000000171. The van der Waals surface area contributed by atoms with Crippen LogP contribution in [0, 0.1) is 0 Å². The van der Waals surface area contributed by atoms with Crippen LogP contribution in [0.4, 0.5) is 0 Å². The number of phenols is 4. The lowest BCUT2D eigenvalue weighted by atomic mass is 10.0. The van der Waals surface area contributed by atoms with Crippen LogP contribution in [0.15, 0.2) is 115 Å². The Morgan fingerprint density at radius 2 is 1.00 bits per heavy atom. The summed E-state index contributed by atoms with van der Waals surface area (Å²) < 4.78 is 19.6. The summed E-state index contributed by atoms with van der Waals surface area (Å²) in [6.07, 6.45) is 0. The lowest BCUT2D eigenvalue weighted by Gasteiger charge is -2.29. The average molecular weight is 510 g/mol. The Morgan fingerprint density at radius 1 is 0.486 bits per heavy atom. The molecule has 0 spiro atoms. The molecule has 184 valence electrons. The van der Waals surface area contributed by atoms with Gasteiger partial charge in [-0.25, -0.2) is 0 Å². The number of aromatic hydroxyl groups is 4. The van der Waals surface area contributed by atoms with E-state index in [1.54, 1.807) is 60.7 Å². The number of benzene rings is 5. The van der Waals surface area contributed by atoms with Crippen LogP contribution in [0.1, 0.15) is 0 Å². The van der Waals surface area contributed by atoms with Gasteiger partial charge < -0.3 is 24.9 Å². The van der Waals surface area contributed by atoms with Crippen molar-refractivity contribution in [2.75, 3.05) is 0 Å². The zero-order valence-electron chi connectivity index (χ0n) is 19.5. The number of hydrogen-bond donors (Lipinski definition) is 4. The first kappa shape index (κ1) is 24.0. The highest BCUT2D eigenvalue weighted by Gasteiger charge is 2.39. The minimum Gasteiger partial charge on any atom is -0.508 e. The molecule has 0 aromatic heterocycles. The molecule has 6 nitrogen and oxygen atoms in total. The van der Waals surface area contributed by atoms with Gasteiger partial charge in [0.25, 0.3) is 0 Å². The van der Waals surface area contributed by atoms with Crippen LogP contribution in [-0.2, 0) is 4.57 Å². The number of rotatable bonds is 2. The lowest BCUT2D eigenvalue weighted by molar-refractivity contribution is 0.459. The van der Waals surface area contributed by atoms with E-state index in [4.69, 9.17) is 4.52 Å². The smallest absolute Gasteiger partial charge is 0.311 e. The van der Waals surface area contributed by atoms with E-state index in [1.807, 2.05) is 36.4 Å². The van der Waals surface area contributed by atoms with E-state index >= 15 is 0 Å². The molecule has 1 atom stereocenters. The van der Waals surface area contributed by atoms with Gasteiger partial charge in [-0.1, -0.05) is 72.8 Å². The molecule has 0 bridgehead atoms. The van der Waals surface area contributed by atoms with E-state index in [0.29, 0.717) is 22.2 Å². The van der Waals surface area contributed by atoms with Crippen molar-refractivity contribution in [2.24, 2.45) is 0 Å². The maximum Gasteiger partial charge on any atom is 0.311 e. The van der Waals surface area contributed by atoms with E-state index in [-0.39, 0.29) is 28.3 Å². The second-order valence-corrected chi connectivity index (χ2v) is 10.6. The van der Waals surface area contributed by atoms with Crippen molar-refractivity contribution >= 4 is 18.0 Å². The SMILES string of the molecule is O=P1(c2cc(O)ccc2O)Oc2ccccc2-c2ccccc21.Oc1ccccc1-c1ccccc1O. The Hall–Kier alpha value is -4.67. The normalized spacial score (nSPS) is 15.4. The summed E-state index contributed by atoms with van der Waals surface area (Å²) in [6, 6.07) is 32.4. The summed E-state index contributed by atoms with van der Waals surface area (Å²) >= 11 is 0. The van der Waals surface area contributed by atoms with Crippen LogP contribution >= 0.6 is 7.37 Å². The van der Waals surface area contributed by atoms with Crippen molar-refractivity contribution in [3.63, 3.8) is 0 Å². The first-order valence-corrected chi connectivity index (χ1v) is 13.1. The van der Waals surface area contributed by atoms with Gasteiger partial charge in [0.15, 0.2) is 0 Å². The predicted octanol–water partition coefficient (Wildman–Crippen LogP) is 6.15. The molecule has 1 unspecified atom stereocenters. The summed E-state index contributed by atoms with van der Waals surface area (Å²) in [5.74, 6) is 0.605. The maximum absolute atomic E-state index is 13.7. The van der Waals surface area contributed by atoms with Gasteiger partial charge in [-0.2, -0.15) is 0 Å². The quantitative estimate of drug-likeness (QED) is 0.168. The third kappa shape index (κ3) is 4.51. The van der Waals surface area contributed by atoms with E-state index in [2.05, 4.69) is 0 Å². The summed E-state index contributed by atoms with van der Waals surface area (Å²) in [7, 11) is -3.56. The molecular formula is C30H23O6P. The molecule has 0 fully saturated rings. The highest BCUT2D eigenvalue weighted by atomic mass is 31.2. The maximum atomic E-state index is 13.7. The minimum absolute atomic E-state index is 0.0760. The van der Waals surface area contributed by atoms with Crippen molar-refractivity contribution in [1.29, 1.82) is 0 Å². The molecule has 5 aromatic carbocycles. The van der Waals surface area contributed by atoms with Crippen LogP contribution < -0.4 is 15.1 Å². The number of fused-ring (bicyclic) bond motifs is 3. The molecule has 7 heteroatoms. The average Bonchev–Trinajstić information content (AvgIpc) is 2.91. The highest BCUT2D eigenvalue weighted by Crippen LogP contribution is 2.55. The number of para-hydroxylation sites is 3. The molecule has 0 radical (unpaired) electrons. The van der Waals surface area contributed by atoms with Crippen LogP contribution in [0.5, 0.6) is 28.7 Å². The van der Waals surface area contributed by atoms with Gasteiger partial charge in [-0.05, 0) is 48.0 Å². The summed E-state index contributed by atoms with van der Waals surface area (Å²) in [6.45, 7) is 0. The first-order valence-electron chi connectivity index (χ1n) is 11.5. The molecule has 0 amide bonds. The second-order valence-electron chi connectivity index (χ2n) is 8.36. The number of hydrogen-bond acceptors (Lipinski definition) is 6. The molecule has 0 saturated carbocycles. The molecule has 1 aliphatic heterocycles. The lowest BCUT2D eigenvalue weighted by Crippen LogP contribution is -2.25. The van der Waals surface area contributed by atoms with E-state index in [0.717, 1.165) is 11.1 Å². The van der Waals surface area contributed by atoms with E-state index in [9.17, 15) is 25.0 Å². The topological polar surface area (TPSA) is 107 Å². The Kier molecular flexibility index (Phi) is 6.34. The van der Waals surface area contributed by atoms with E-state index in [1.165, 1.54) is 18.2 Å². The second kappa shape index (κ2) is 9.76. The van der Waals surface area contributed by atoms with Gasteiger partial charge in [0.2, 0.25) is 0 Å². The highest BCUT2D eigenvalue weighted by molar-refractivity contribution is 7.75. The van der Waals surface area contributed by atoms with Crippen molar-refractivity contribution in [2.45, 2.75) is 0 Å². The zero-order chi connectivity index (χ0) is 26.0. The summed E-state index contributed by atoms with van der Waals surface area (Å²) in [5, 5.41) is 39.7. The molecule has 5 aromatic rings.